The van der Waals surface area contributed by atoms with E-state index >= 15 is 0 Å². The first-order valence-electron chi connectivity index (χ1n) is 7.33. The molecule has 0 aliphatic heterocycles. The van der Waals surface area contributed by atoms with Gasteiger partial charge in [-0.05, 0) is 34.1 Å². The van der Waals surface area contributed by atoms with Crippen molar-refractivity contribution in [3.05, 3.63) is 34.6 Å². The molecule has 0 spiro atoms. The molecule has 0 saturated carbocycles. The van der Waals surface area contributed by atoms with Crippen LogP contribution in [0, 0.1) is 5.92 Å². The van der Waals surface area contributed by atoms with Gasteiger partial charge in [-0.1, -0.05) is 32.5 Å². The fourth-order valence-corrected chi connectivity index (χ4v) is 2.76. The van der Waals surface area contributed by atoms with E-state index in [4.69, 9.17) is 0 Å². The van der Waals surface area contributed by atoms with Gasteiger partial charge in [-0.2, -0.15) is 0 Å². The van der Waals surface area contributed by atoms with E-state index in [0.29, 0.717) is 0 Å². The molecule has 0 fully saturated rings. The molecule has 0 aromatic rings. The van der Waals surface area contributed by atoms with Crippen molar-refractivity contribution in [1.29, 1.82) is 0 Å². The number of carbonyl (C=O) groups is 3. The summed E-state index contributed by atoms with van der Waals surface area (Å²) in [6.45, 7) is 7.23. The van der Waals surface area contributed by atoms with Crippen LogP contribution < -0.4 is 0 Å². The van der Waals surface area contributed by atoms with Crippen molar-refractivity contribution in [2.24, 2.45) is 5.92 Å². The summed E-state index contributed by atoms with van der Waals surface area (Å²) in [5.41, 5.74) is -1.81. The Balaban J connectivity index is 3.36. The number of hydrogen-bond donors (Lipinski definition) is 2. The van der Waals surface area contributed by atoms with Crippen LogP contribution in [0.25, 0.3) is 0 Å². The summed E-state index contributed by atoms with van der Waals surface area (Å²) < 4.78 is 0. The molecule has 1 rings (SSSR count). The number of Topliss-reactive ketones (excluding diaryl/α,β-unsaturated/α-hetero) is 2. The third kappa shape index (κ3) is 3.85. The van der Waals surface area contributed by atoms with Gasteiger partial charge in [0, 0.05) is 6.42 Å². The highest BCUT2D eigenvalue weighted by atomic mass is 31.0. The van der Waals surface area contributed by atoms with Gasteiger partial charge >= 0.3 is 0 Å². The monoisotopic (exact) mass is 338 g/mol. The second-order valence-electron chi connectivity index (χ2n) is 6.20. The van der Waals surface area contributed by atoms with Crippen LogP contribution in [0.3, 0.4) is 0 Å². The van der Waals surface area contributed by atoms with Crippen molar-refractivity contribution in [2.75, 3.05) is 0 Å². The number of aliphatic hydroxyl groups excluding tert-OH is 1. The number of carbonyl (C=O) groups excluding carboxylic acids is 3. The van der Waals surface area contributed by atoms with E-state index < -0.39 is 39.9 Å². The zero-order valence-corrected chi connectivity index (χ0v) is 15.0. The van der Waals surface area contributed by atoms with Gasteiger partial charge in [0.1, 0.15) is 11.3 Å². The summed E-state index contributed by atoms with van der Waals surface area (Å²) in [6, 6.07) is 0. The molecule has 3 atom stereocenters. The van der Waals surface area contributed by atoms with Gasteiger partial charge in [0.15, 0.2) is 22.7 Å². The van der Waals surface area contributed by atoms with Crippen LogP contribution in [0.5, 0.6) is 0 Å². The fourth-order valence-electron chi connectivity index (χ4n) is 2.48. The summed E-state index contributed by atoms with van der Waals surface area (Å²) in [7, 11) is 1.80. The third-order valence-corrected chi connectivity index (χ3v) is 4.08. The molecule has 0 aromatic heterocycles. The highest BCUT2D eigenvalue weighted by molar-refractivity contribution is 7.41. The molecule has 0 radical (unpaired) electrons. The molecule has 23 heavy (non-hydrogen) atoms. The molecule has 0 saturated heterocycles. The van der Waals surface area contributed by atoms with Gasteiger partial charge in [0.25, 0.3) is 0 Å². The predicted octanol–water partition coefficient (Wildman–Crippen LogP) is 2.41. The summed E-state index contributed by atoms with van der Waals surface area (Å²) in [4.78, 5) is 36.5. The van der Waals surface area contributed by atoms with Crippen molar-refractivity contribution in [3.63, 3.8) is 0 Å². The molecular formula is C17H23O5P. The van der Waals surface area contributed by atoms with Gasteiger partial charge in [-0.15, -0.1) is 0 Å². The Labute approximate surface area is 138 Å². The minimum Gasteiger partial charge on any atom is -0.508 e. The average Bonchev–Trinajstić information content (AvgIpc) is 2.62. The van der Waals surface area contributed by atoms with Crippen LogP contribution in [0.1, 0.15) is 40.5 Å². The molecule has 1 aliphatic rings. The van der Waals surface area contributed by atoms with E-state index in [1.165, 1.54) is 0 Å². The molecule has 0 heterocycles. The second kappa shape index (κ2) is 7.33. The maximum absolute atomic E-state index is 12.5. The first kappa shape index (κ1) is 19.5. The number of aliphatic hydroxyl groups is 2. The molecule has 0 amide bonds. The molecular weight excluding hydrogens is 315 g/mol. The minimum absolute atomic E-state index is 0.0731. The molecule has 3 unspecified atom stereocenters. The SMILES string of the molecule is CC(C)=CCC(=O)C1(O)C(O)=C(C(=O)P)C(=O)C1CC=C(C)C. The zero-order valence-electron chi connectivity index (χ0n) is 13.8. The summed E-state index contributed by atoms with van der Waals surface area (Å²) in [5, 5.41) is 21.0. The quantitative estimate of drug-likeness (QED) is 0.441. The number of allylic oxidation sites excluding steroid dienone is 5. The summed E-state index contributed by atoms with van der Waals surface area (Å²) in [6.07, 6.45) is 3.26. The van der Waals surface area contributed by atoms with E-state index in [9.17, 15) is 24.6 Å². The Bertz CT molecular complexity index is 633. The zero-order chi connectivity index (χ0) is 17.9. The molecule has 0 bridgehead atoms. The van der Waals surface area contributed by atoms with Gasteiger partial charge in [-0.3, -0.25) is 14.4 Å². The van der Waals surface area contributed by atoms with Crippen LogP contribution in [-0.4, -0.2) is 32.9 Å². The second-order valence-corrected chi connectivity index (χ2v) is 6.72. The normalized spacial score (nSPS) is 23.7. The van der Waals surface area contributed by atoms with E-state index in [0.717, 1.165) is 11.1 Å². The van der Waals surface area contributed by atoms with E-state index in [1.807, 2.05) is 13.8 Å². The van der Waals surface area contributed by atoms with Crippen LogP contribution in [0.2, 0.25) is 0 Å². The van der Waals surface area contributed by atoms with Crippen molar-refractivity contribution in [3.8, 4) is 0 Å². The maximum Gasteiger partial charge on any atom is 0.191 e. The minimum atomic E-state index is -2.35. The molecule has 5 nitrogen and oxygen atoms in total. The molecule has 6 heteroatoms. The number of ketones is 2. The average molecular weight is 338 g/mol. The maximum atomic E-state index is 12.5. The number of hydrogen-bond acceptors (Lipinski definition) is 5. The van der Waals surface area contributed by atoms with Crippen LogP contribution in [0.4, 0.5) is 0 Å². The Hall–Kier alpha value is -1.58. The lowest BCUT2D eigenvalue weighted by Gasteiger charge is -2.27. The van der Waals surface area contributed by atoms with Crippen LogP contribution >= 0.6 is 9.24 Å². The Kier molecular flexibility index (Phi) is 6.20. The van der Waals surface area contributed by atoms with Crippen molar-refractivity contribution in [2.45, 2.75) is 46.1 Å². The van der Waals surface area contributed by atoms with Gasteiger partial charge in [-0.25, -0.2) is 0 Å². The molecule has 2 N–H and O–H groups in total. The van der Waals surface area contributed by atoms with Gasteiger partial charge < -0.3 is 10.2 Å². The highest BCUT2D eigenvalue weighted by Crippen LogP contribution is 2.41. The van der Waals surface area contributed by atoms with E-state index in [2.05, 4.69) is 0 Å². The summed E-state index contributed by atoms with van der Waals surface area (Å²) >= 11 is 0. The Morgan fingerprint density at radius 1 is 1.17 bits per heavy atom. The lowest BCUT2D eigenvalue weighted by atomic mass is 9.81. The first-order chi connectivity index (χ1) is 10.5. The summed E-state index contributed by atoms with van der Waals surface area (Å²) in [5.74, 6) is -3.41. The third-order valence-electron chi connectivity index (χ3n) is 3.79. The van der Waals surface area contributed by atoms with Crippen LogP contribution in [0.15, 0.2) is 34.6 Å². The highest BCUT2D eigenvalue weighted by Gasteiger charge is 2.58. The lowest BCUT2D eigenvalue weighted by Crippen LogP contribution is -2.46. The predicted molar refractivity (Wildman–Crippen MR) is 90.9 cm³/mol. The van der Waals surface area contributed by atoms with Crippen LogP contribution in [-0.2, 0) is 14.4 Å². The largest absolute Gasteiger partial charge is 0.508 e. The first-order valence-corrected chi connectivity index (χ1v) is 7.91. The molecule has 1 aliphatic carbocycles. The number of rotatable bonds is 6. The molecule has 126 valence electrons. The Morgan fingerprint density at radius 3 is 2.13 bits per heavy atom. The lowest BCUT2D eigenvalue weighted by molar-refractivity contribution is -0.144. The van der Waals surface area contributed by atoms with E-state index in [-0.39, 0.29) is 12.8 Å². The van der Waals surface area contributed by atoms with Gasteiger partial charge in [0.2, 0.25) is 0 Å². The van der Waals surface area contributed by atoms with E-state index in [1.54, 1.807) is 35.2 Å². The van der Waals surface area contributed by atoms with Crippen molar-refractivity contribution in [1.82, 2.24) is 0 Å². The topological polar surface area (TPSA) is 91.7 Å². The van der Waals surface area contributed by atoms with Gasteiger partial charge in [0.05, 0.1) is 5.92 Å². The fraction of sp³-hybridized carbons (Fsp3) is 0.471. The Morgan fingerprint density at radius 2 is 1.70 bits per heavy atom. The smallest absolute Gasteiger partial charge is 0.191 e. The standard InChI is InChI=1S/C17H23O5P/c1-9(2)5-7-11-14(19)13(16(21)23)15(20)17(11,22)12(18)8-6-10(3)4/h5-6,11,20,22H,7-8,23H2,1-4H3. The van der Waals surface area contributed by atoms with Crippen molar-refractivity contribution < 1.29 is 24.6 Å². The molecule has 0 aromatic carbocycles. The van der Waals surface area contributed by atoms with Crippen molar-refractivity contribution >= 4 is 26.3 Å².